The number of fused-ring (bicyclic) bond motifs is 2. The Morgan fingerprint density at radius 3 is 1.75 bits per heavy atom. The summed E-state index contributed by atoms with van der Waals surface area (Å²) in [5.41, 5.74) is 12.5. The van der Waals surface area contributed by atoms with Crippen LogP contribution < -0.4 is 35.3 Å². The fraction of sp³-hybridized carbons (Fsp3) is 0.400. The van der Waals surface area contributed by atoms with Crippen molar-refractivity contribution < 1.29 is 51.0 Å². The predicted molar refractivity (Wildman–Crippen MR) is 210 cm³/mol. The third kappa shape index (κ3) is 7.00. The monoisotopic (exact) mass is 813 g/mol. The molecule has 53 heavy (non-hydrogen) atoms. The van der Waals surface area contributed by atoms with Gasteiger partial charge in [-0.05, 0) is 111 Å². The minimum Gasteiger partial charge on any atom is -1.00 e. The largest absolute Gasteiger partial charge is 3.00 e. The van der Waals surface area contributed by atoms with Crippen molar-refractivity contribution in [3.8, 4) is 0 Å². The number of benzene rings is 4. The van der Waals surface area contributed by atoms with Gasteiger partial charge in [-0.15, -0.1) is 33.4 Å². The van der Waals surface area contributed by atoms with Crippen molar-refractivity contribution in [1.82, 2.24) is 0 Å². The molecule has 4 bridgehead atoms. The van der Waals surface area contributed by atoms with Gasteiger partial charge in [0.15, 0.2) is 0 Å². The molecule has 4 aromatic rings. The van der Waals surface area contributed by atoms with Crippen molar-refractivity contribution in [2.24, 2.45) is 35.5 Å². The smallest absolute Gasteiger partial charge is 1.00 e. The van der Waals surface area contributed by atoms with Gasteiger partial charge in [0.2, 0.25) is 0 Å². The molecule has 1 atom stereocenters. The average molecular weight is 816 g/mol. The Bertz CT molecular complexity index is 2230. The van der Waals surface area contributed by atoms with E-state index in [1.165, 1.54) is 97.5 Å². The molecule has 0 spiro atoms. The maximum absolute atomic E-state index is 4.07. The zero-order valence-corrected chi connectivity index (χ0v) is 36.5. The van der Waals surface area contributed by atoms with Gasteiger partial charge in [-0.3, -0.25) is 0 Å². The van der Waals surface area contributed by atoms with Crippen molar-refractivity contribution in [1.29, 1.82) is 0 Å². The van der Waals surface area contributed by atoms with Gasteiger partial charge < -0.3 is 24.8 Å². The maximum atomic E-state index is 4.07. The summed E-state index contributed by atoms with van der Waals surface area (Å²) in [6.45, 7) is 16.7. The first-order valence-corrected chi connectivity index (χ1v) is 19.5. The minimum absolute atomic E-state index is 0. The van der Waals surface area contributed by atoms with Crippen LogP contribution in [0.5, 0.6) is 0 Å². The van der Waals surface area contributed by atoms with Gasteiger partial charge in [-0.25, -0.2) is 0 Å². The number of hydrogen-bond acceptors (Lipinski definition) is 0. The molecule has 0 N–H and O–H groups in total. The quantitative estimate of drug-likeness (QED) is 0.228. The first kappa shape index (κ1) is 40.2. The van der Waals surface area contributed by atoms with Gasteiger partial charge in [0.1, 0.15) is 0 Å². The van der Waals surface area contributed by atoms with Crippen molar-refractivity contribution in [2.75, 3.05) is 0 Å². The second kappa shape index (κ2) is 14.9. The molecule has 4 fully saturated rings. The number of halogens is 2. The Morgan fingerprint density at radius 1 is 0.660 bits per heavy atom. The topological polar surface area (TPSA) is 0 Å². The minimum atomic E-state index is -0.0849. The van der Waals surface area contributed by atoms with E-state index in [1.54, 1.807) is 5.57 Å². The van der Waals surface area contributed by atoms with Gasteiger partial charge in [0, 0.05) is 0 Å². The summed E-state index contributed by atoms with van der Waals surface area (Å²) in [6, 6.07) is 32.0. The van der Waals surface area contributed by atoms with E-state index in [0.717, 1.165) is 29.6 Å². The zero-order valence-electron chi connectivity index (χ0n) is 32.5. The van der Waals surface area contributed by atoms with Crippen LogP contribution in [0.2, 0.25) is 0 Å². The SMILES string of the molecule is CC1C=C(C2C3CC4CC(C3)CC2C4)C=C1c1c2c(cc(C(C)(C)C)c1=C(c1ccccc1)c1ccccc1)=c1cc(C(C)(C)C)ccc1=[C-]2.[Cl-].[Cl-].[Zr+3]. The summed E-state index contributed by atoms with van der Waals surface area (Å²) < 4.78 is 0. The van der Waals surface area contributed by atoms with Gasteiger partial charge in [0.05, 0.1) is 0 Å². The van der Waals surface area contributed by atoms with E-state index >= 15 is 0 Å². The summed E-state index contributed by atoms with van der Waals surface area (Å²) >= 11 is 0. The first-order chi connectivity index (χ1) is 23.9. The van der Waals surface area contributed by atoms with E-state index in [-0.39, 0.29) is 61.8 Å². The molecule has 0 nitrogen and oxygen atoms in total. The van der Waals surface area contributed by atoms with Crippen LogP contribution in [0, 0.1) is 45.9 Å². The zero-order chi connectivity index (χ0) is 34.5. The van der Waals surface area contributed by atoms with Crippen LogP contribution in [0.15, 0.2) is 103 Å². The van der Waals surface area contributed by atoms with Crippen LogP contribution in [0.25, 0.3) is 17.2 Å². The molecule has 10 rings (SSSR count). The van der Waals surface area contributed by atoms with E-state index in [4.69, 9.17) is 0 Å². The molecule has 0 amide bonds. The standard InChI is InChI=1S/C50H53.2ClH.Zr/c1-30-20-36(45-37-22-31-21-32(24-37)25-38(45)23-31)27-40(30)47-43-26-35-18-19-39(49(2,3)4)28-41(35)42(43)29-44(50(5,6)7)48(47)46(33-14-10-8-11-15-33)34-16-12-9-13-17-34;;;/h8-20,27-32,37-38,45H,21-25H2,1-7H3;2*1H;/q-1;;;+3/p-2. The van der Waals surface area contributed by atoms with Crippen LogP contribution >= 0.6 is 0 Å². The molecule has 0 aromatic heterocycles. The number of allylic oxidation sites excluding steroid dienone is 4. The molecular formula is C50H53Cl2Zr. The van der Waals surface area contributed by atoms with Gasteiger partial charge >= 0.3 is 26.2 Å². The summed E-state index contributed by atoms with van der Waals surface area (Å²) in [5, 5.41) is 5.31. The van der Waals surface area contributed by atoms with Crippen molar-refractivity contribution in [2.45, 2.75) is 91.4 Å². The molecule has 0 saturated heterocycles. The molecule has 6 aliphatic carbocycles. The van der Waals surface area contributed by atoms with Crippen molar-refractivity contribution in [3.05, 3.63) is 157 Å². The Kier molecular flexibility index (Phi) is 11.3. The van der Waals surface area contributed by atoms with Crippen LogP contribution in [-0.2, 0) is 37.0 Å². The Morgan fingerprint density at radius 2 is 1.23 bits per heavy atom. The average Bonchev–Trinajstić information content (AvgIpc) is 3.63. The second-order valence-electron chi connectivity index (χ2n) is 18.6. The number of hydrogen-bond donors (Lipinski definition) is 0. The molecule has 3 heteroatoms. The third-order valence-corrected chi connectivity index (χ3v) is 13.1. The van der Waals surface area contributed by atoms with Crippen LogP contribution in [0.3, 0.4) is 0 Å². The first-order valence-electron chi connectivity index (χ1n) is 19.5. The predicted octanol–water partition coefficient (Wildman–Crippen LogP) is 4.87. The maximum Gasteiger partial charge on any atom is 3.00 e. The van der Waals surface area contributed by atoms with E-state index in [9.17, 15) is 0 Å². The molecule has 6 aliphatic rings. The summed E-state index contributed by atoms with van der Waals surface area (Å²) in [5.74, 6) is 4.81. The summed E-state index contributed by atoms with van der Waals surface area (Å²) in [4.78, 5) is 0. The molecule has 0 aliphatic heterocycles. The molecular weight excluding hydrogens is 763 g/mol. The Balaban J connectivity index is 0.00000160. The Labute approximate surface area is 349 Å². The second-order valence-corrected chi connectivity index (χ2v) is 18.6. The summed E-state index contributed by atoms with van der Waals surface area (Å²) in [6.07, 6.45) is 16.8. The fourth-order valence-corrected chi connectivity index (χ4v) is 11.0. The molecule has 1 radical (unpaired) electrons. The van der Waals surface area contributed by atoms with E-state index in [1.807, 2.05) is 0 Å². The molecule has 271 valence electrons. The Hall–Kier alpha value is -2.44. The van der Waals surface area contributed by atoms with E-state index in [2.05, 4.69) is 152 Å². The van der Waals surface area contributed by atoms with Crippen LogP contribution in [0.4, 0.5) is 0 Å². The van der Waals surface area contributed by atoms with E-state index in [0.29, 0.717) is 5.92 Å². The normalized spacial score (nSPS) is 24.8. The van der Waals surface area contributed by atoms with Crippen LogP contribution in [-0.4, -0.2) is 0 Å². The third-order valence-electron chi connectivity index (χ3n) is 13.1. The van der Waals surface area contributed by atoms with Crippen molar-refractivity contribution >= 4 is 17.2 Å². The van der Waals surface area contributed by atoms with Gasteiger partial charge in [-0.2, -0.15) is 0 Å². The van der Waals surface area contributed by atoms with Gasteiger partial charge in [0.25, 0.3) is 0 Å². The van der Waals surface area contributed by atoms with E-state index < -0.39 is 0 Å². The molecule has 4 saturated carbocycles. The number of rotatable bonds is 4. The summed E-state index contributed by atoms with van der Waals surface area (Å²) in [7, 11) is 0. The molecule has 0 heterocycles. The van der Waals surface area contributed by atoms with Crippen LogP contribution in [0.1, 0.15) is 114 Å². The molecule has 1 unspecified atom stereocenters. The molecule has 4 aromatic carbocycles. The fourth-order valence-electron chi connectivity index (χ4n) is 11.0. The van der Waals surface area contributed by atoms with Gasteiger partial charge in [-0.1, -0.05) is 156 Å². The van der Waals surface area contributed by atoms with Crippen molar-refractivity contribution in [3.63, 3.8) is 0 Å².